The molecule has 1 saturated heterocycles. The van der Waals surface area contributed by atoms with Crippen molar-refractivity contribution in [3.05, 3.63) is 35.9 Å². The van der Waals surface area contributed by atoms with Crippen LogP contribution in [0.25, 0.3) is 0 Å². The van der Waals surface area contributed by atoms with E-state index in [4.69, 9.17) is 5.11 Å². The standard InChI is InChI=1S/C18H29N3O2/c1-19(16-17-6-3-2-4-7-17)10-11-21-14-12-20(13-15-21)9-5-8-18(22)23/h2-4,6-7H,5,8-16H2,1H3,(H,22,23). The average molecular weight is 319 g/mol. The highest BCUT2D eigenvalue weighted by molar-refractivity contribution is 5.66. The minimum absolute atomic E-state index is 0.282. The molecule has 0 radical (unpaired) electrons. The summed E-state index contributed by atoms with van der Waals surface area (Å²) in [5, 5.41) is 8.68. The smallest absolute Gasteiger partial charge is 0.303 e. The van der Waals surface area contributed by atoms with Gasteiger partial charge in [0, 0.05) is 52.2 Å². The number of rotatable bonds is 9. The lowest BCUT2D eigenvalue weighted by Gasteiger charge is -2.35. The maximum absolute atomic E-state index is 10.5. The lowest BCUT2D eigenvalue weighted by atomic mass is 10.2. The summed E-state index contributed by atoms with van der Waals surface area (Å²) in [5.74, 6) is -0.690. The van der Waals surface area contributed by atoms with E-state index < -0.39 is 5.97 Å². The van der Waals surface area contributed by atoms with Gasteiger partial charge in [0.2, 0.25) is 0 Å². The van der Waals surface area contributed by atoms with E-state index >= 15 is 0 Å². The molecule has 0 atom stereocenters. The highest BCUT2D eigenvalue weighted by Gasteiger charge is 2.16. The van der Waals surface area contributed by atoms with E-state index in [0.29, 0.717) is 0 Å². The van der Waals surface area contributed by atoms with Crippen LogP contribution in [0.5, 0.6) is 0 Å². The number of aliphatic carboxylic acids is 1. The van der Waals surface area contributed by atoms with Gasteiger partial charge in [0.15, 0.2) is 0 Å². The van der Waals surface area contributed by atoms with E-state index in [0.717, 1.165) is 58.8 Å². The third kappa shape index (κ3) is 7.12. The molecule has 1 aliphatic heterocycles. The third-order valence-corrected chi connectivity index (χ3v) is 4.42. The van der Waals surface area contributed by atoms with Crippen molar-refractivity contribution >= 4 is 5.97 Å². The number of nitrogens with zero attached hydrogens (tertiary/aromatic N) is 3. The molecule has 0 aromatic heterocycles. The molecule has 5 nitrogen and oxygen atoms in total. The lowest BCUT2D eigenvalue weighted by Crippen LogP contribution is -2.48. The van der Waals surface area contributed by atoms with Gasteiger partial charge < -0.3 is 14.9 Å². The fraction of sp³-hybridized carbons (Fsp3) is 0.611. The van der Waals surface area contributed by atoms with Gasteiger partial charge in [-0.05, 0) is 25.6 Å². The van der Waals surface area contributed by atoms with Gasteiger partial charge in [-0.1, -0.05) is 30.3 Å². The molecule has 0 unspecified atom stereocenters. The number of carboxylic acid groups (broad SMARTS) is 1. The third-order valence-electron chi connectivity index (χ3n) is 4.42. The maximum atomic E-state index is 10.5. The van der Waals surface area contributed by atoms with Crippen LogP contribution in [0.4, 0.5) is 0 Å². The first-order valence-corrected chi connectivity index (χ1v) is 8.52. The highest BCUT2D eigenvalue weighted by atomic mass is 16.4. The Hall–Kier alpha value is -1.43. The van der Waals surface area contributed by atoms with Crippen molar-refractivity contribution in [1.82, 2.24) is 14.7 Å². The molecular weight excluding hydrogens is 290 g/mol. The Labute approximate surface area is 139 Å². The molecule has 128 valence electrons. The van der Waals surface area contributed by atoms with Gasteiger partial charge >= 0.3 is 5.97 Å². The number of hydrogen-bond acceptors (Lipinski definition) is 4. The van der Waals surface area contributed by atoms with Crippen molar-refractivity contribution in [3.63, 3.8) is 0 Å². The molecule has 1 heterocycles. The Morgan fingerprint density at radius 3 is 2.30 bits per heavy atom. The quantitative estimate of drug-likeness (QED) is 0.749. The molecular formula is C18H29N3O2. The van der Waals surface area contributed by atoms with Gasteiger partial charge in [-0.25, -0.2) is 0 Å². The predicted molar refractivity (Wildman–Crippen MR) is 92.5 cm³/mol. The van der Waals surface area contributed by atoms with Crippen LogP contribution >= 0.6 is 0 Å². The van der Waals surface area contributed by atoms with Gasteiger partial charge in [0.25, 0.3) is 0 Å². The number of carbonyl (C=O) groups is 1. The van der Waals surface area contributed by atoms with E-state index in [9.17, 15) is 4.79 Å². The summed E-state index contributed by atoms with van der Waals surface area (Å²) in [7, 11) is 2.18. The second kappa shape index (κ2) is 9.65. The molecule has 1 N–H and O–H groups in total. The molecule has 2 rings (SSSR count). The Morgan fingerprint density at radius 1 is 1.09 bits per heavy atom. The van der Waals surface area contributed by atoms with Gasteiger partial charge in [-0.15, -0.1) is 0 Å². The molecule has 1 aromatic carbocycles. The molecule has 0 bridgehead atoms. The fourth-order valence-electron chi connectivity index (χ4n) is 2.98. The Morgan fingerprint density at radius 2 is 1.70 bits per heavy atom. The van der Waals surface area contributed by atoms with Crippen LogP contribution in [-0.4, -0.2) is 78.6 Å². The van der Waals surface area contributed by atoms with Crippen LogP contribution in [0.2, 0.25) is 0 Å². The fourth-order valence-corrected chi connectivity index (χ4v) is 2.98. The van der Waals surface area contributed by atoms with Crippen LogP contribution in [0.3, 0.4) is 0 Å². The molecule has 1 aliphatic rings. The van der Waals surface area contributed by atoms with Gasteiger partial charge in [0.1, 0.15) is 0 Å². The van der Waals surface area contributed by atoms with E-state index in [2.05, 4.69) is 52.1 Å². The van der Waals surface area contributed by atoms with Crippen molar-refractivity contribution in [2.45, 2.75) is 19.4 Å². The number of carboxylic acids is 1. The zero-order valence-electron chi connectivity index (χ0n) is 14.2. The number of hydrogen-bond donors (Lipinski definition) is 1. The Kier molecular flexibility index (Phi) is 7.52. The summed E-state index contributed by atoms with van der Waals surface area (Å²) in [6.07, 6.45) is 1.04. The maximum Gasteiger partial charge on any atom is 0.303 e. The number of piperazine rings is 1. The summed E-state index contributed by atoms with van der Waals surface area (Å²) in [5.41, 5.74) is 1.36. The van der Waals surface area contributed by atoms with Crippen molar-refractivity contribution in [2.75, 3.05) is 52.9 Å². The molecule has 23 heavy (non-hydrogen) atoms. The normalized spacial score (nSPS) is 16.8. The SMILES string of the molecule is CN(CCN1CCN(CCCC(=O)O)CC1)Cc1ccccc1. The van der Waals surface area contributed by atoms with Gasteiger partial charge in [0.05, 0.1) is 0 Å². The largest absolute Gasteiger partial charge is 0.481 e. The minimum atomic E-state index is -0.690. The van der Waals surface area contributed by atoms with Crippen molar-refractivity contribution in [3.8, 4) is 0 Å². The summed E-state index contributed by atoms with van der Waals surface area (Å²) < 4.78 is 0. The lowest BCUT2D eigenvalue weighted by molar-refractivity contribution is -0.137. The topological polar surface area (TPSA) is 47.0 Å². The van der Waals surface area contributed by atoms with Crippen molar-refractivity contribution in [1.29, 1.82) is 0 Å². The minimum Gasteiger partial charge on any atom is -0.481 e. The molecule has 0 saturated carbocycles. The summed E-state index contributed by atoms with van der Waals surface area (Å²) in [6.45, 7) is 8.38. The summed E-state index contributed by atoms with van der Waals surface area (Å²) in [4.78, 5) is 17.8. The molecule has 1 fully saturated rings. The molecule has 0 amide bonds. The molecule has 1 aromatic rings. The predicted octanol–water partition coefficient (Wildman–Crippen LogP) is 1.60. The molecule has 5 heteroatoms. The van der Waals surface area contributed by atoms with E-state index in [1.54, 1.807) is 0 Å². The van der Waals surface area contributed by atoms with E-state index in [1.807, 2.05) is 0 Å². The zero-order chi connectivity index (χ0) is 16.5. The first-order valence-electron chi connectivity index (χ1n) is 8.52. The second-order valence-electron chi connectivity index (χ2n) is 6.40. The van der Waals surface area contributed by atoms with Crippen LogP contribution in [0.1, 0.15) is 18.4 Å². The Bertz CT molecular complexity index is 459. The van der Waals surface area contributed by atoms with Crippen molar-refractivity contribution < 1.29 is 9.90 Å². The van der Waals surface area contributed by atoms with E-state index in [-0.39, 0.29) is 6.42 Å². The summed E-state index contributed by atoms with van der Waals surface area (Å²) in [6, 6.07) is 10.6. The van der Waals surface area contributed by atoms with Gasteiger partial charge in [-0.2, -0.15) is 0 Å². The van der Waals surface area contributed by atoms with E-state index in [1.165, 1.54) is 5.56 Å². The Balaban J connectivity index is 1.58. The number of likely N-dealkylation sites (N-methyl/N-ethyl adjacent to an activating group) is 1. The van der Waals surface area contributed by atoms with Crippen LogP contribution in [0.15, 0.2) is 30.3 Å². The van der Waals surface area contributed by atoms with Crippen LogP contribution in [-0.2, 0) is 11.3 Å². The first kappa shape index (κ1) is 17.9. The van der Waals surface area contributed by atoms with Crippen LogP contribution < -0.4 is 0 Å². The second-order valence-corrected chi connectivity index (χ2v) is 6.40. The van der Waals surface area contributed by atoms with Crippen molar-refractivity contribution in [2.24, 2.45) is 0 Å². The molecule has 0 spiro atoms. The van der Waals surface area contributed by atoms with Crippen LogP contribution in [0, 0.1) is 0 Å². The highest BCUT2D eigenvalue weighted by Crippen LogP contribution is 2.06. The average Bonchev–Trinajstić information content (AvgIpc) is 2.55. The van der Waals surface area contributed by atoms with Gasteiger partial charge in [-0.3, -0.25) is 9.69 Å². The summed E-state index contributed by atoms with van der Waals surface area (Å²) >= 11 is 0. The number of benzene rings is 1. The molecule has 0 aliphatic carbocycles. The first-order chi connectivity index (χ1) is 11.1. The zero-order valence-corrected chi connectivity index (χ0v) is 14.2. The monoisotopic (exact) mass is 319 g/mol.